The van der Waals surface area contributed by atoms with E-state index < -0.39 is 12.0 Å². The molecule has 0 atom stereocenters. The van der Waals surface area contributed by atoms with Crippen LogP contribution >= 0.6 is 23.4 Å². The van der Waals surface area contributed by atoms with Gasteiger partial charge in [-0.1, -0.05) is 11.6 Å². The molecule has 1 N–H and O–H groups in total. The van der Waals surface area contributed by atoms with Crippen LogP contribution in [0.15, 0.2) is 29.2 Å². The van der Waals surface area contributed by atoms with Gasteiger partial charge in [0.1, 0.15) is 0 Å². The van der Waals surface area contributed by atoms with Crippen LogP contribution in [0.5, 0.6) is 0 Å². The number of fused-ring (bicyclic) bond motifs is 1. The Hall–Kier alpha value is -2.33. The Bertz CT molecular complexity index is 1050. The highest BCUT2D eigenvalue weighted by molar-refractivity contribution is 7.99. The lowest BCUT2D eigenvalue weighted by Gasteiger charge is -2.10. The summed E-state index contributed by atoms with van der Waals surface area (Å²) in [6.45, 7) is 3.83. The molecular formula is C19H19ClF3N5OS. The van der Waals surface area contributed by atoms with Crippen LogP contribution in [-0.4, -0.2) is 37.8 Å². The average Bonchev–Trinajstić information content (AvgIpc) is 3.11. The van der Waals surface area contributed by atoms with Crippen LogP contribution in [0.25, 0.3) is 5.78 Å². The van der Waals surface area contributed by atoms with Crippen molar-refractivity contribution in [2.24, 2.45) is 0 Å². The van der Waals surface area contributed by atoms with Gasteiger partial charge in [0.25, 0.3) is 11.6 Å². The van der Waals surface area contributed by atoms with Crippen molar-refractivity contribution in [2.75, 3.05) is 12.3 Å². The van der Waals surface area contributed by atoms with Crippen molar-refractivity contribution < 1.29 is 18.0 Å². The van der Waals surface area contributed by atoms with Crippen molar-refractivity contribution in [2.45, 2.75) is 37.8 Å². The molecule has 11 heteroatoms. The maximum Gasteiger partial charge on any atom is 0.453 e. The molecule has 30 heavy (non-hydrogen) atoms. The second kappa shape index (κ2) is 9.22. The zero-order valence-electron chi connectivity index (χ0n) is 16.3. The first kappa shape index (κ1) is 22.4. The topological polar surface area (TPSA) is 72.2 Å². The number of aryl methyl sites for hydroxylation is 2. The Kier molecular flexibility index (Phi) is 6.87. The number of thioether (sulfide) groups is 1. The average molecular weight is 458 g/mol. The molecule has 1 amide bonds. The second-order valence-corrected chi connectivity index (χ2v) is 8.16. The largest absolute Gasteiger partial charge is 0.453 e. The van der Waals surface area contributed by atoms with Crippen LogP contribution < -0.4 is 5.32 Å². The van der Waals surface area contributed by atoms with Gasteiger partial charge in [-0.05, 0) is 50.1 Å². The van der Waals surface area contributed by atoms with Gasteiger partial charge >= 0.3 is 6.18 Å². The molecule has 0 unspecified atom stereocenters. The number of aromatic nitrogens is 4. The number of alkyl halides is 3. The number of carbonyl (C=O) groups excluding carboxylic acids is 1. The summed E-state index contributed by atoms with van der Waals surface area (Å²) in [6, 6.07) is 7.45. The lowest BCUT2D eigenvalue weighted by atomic mass is 10.1. The van der Waals surface area contributed by atoms with Gasteiger partial charge < -0.3 is 5.32 Å². The minimum Gasteiger partial charge on any atom is -0.355 e. The van der Waals surface area contributed by atoms with Gasteiger partial charge in [-0.25, -0.2) is 9.50 Å². The van der Waals surface area contributed by atoms with Crippen molar-refractivity contribution in [3.8, 4) is 0 Å². The normalized spacial score (nSPS) is 11.8. The zero-order chi connectivity index (χ0) is 21.9. The fraction of sp³-hybridized carbons (Fsp3) is 0.368. The van der Waals surface area contributed by atoms with Gasteiger partial charge in [-0.3, -0.25) is 4.79 Å². The van der Waals surface area contributed by atoms with Crippen molar-refractivity contribution in [1.29, 1.82) is 0 Å². The molecular weight excluding hydrogens is 439 g/mol. The first-order valence-corrected chi connectivity index (χ1v) is 10.5. The summed E-state index contributed by atoms with van der Waals surface area (Å²) in [4.78, 5) is 20.8. The molecule has 0 bridgehead atoms. The molecule has 160 valence electrons. The van der Waals surface area contributed by atoms with E-state index in [4.69, 9.17) is 11.6 Å². The van der Waals surface area contributed by atoms with Crippen LogP contribution in [0.1, 0.15) is 29.2 Å². The highest BCUT2D eigenvalue weighted by atomic mass is 35.5. The van der Waals surface area contributed by atoms with Crippen LogP contribution in [0.3, 0.4) is 0 Å². The number of hydrogen-bond donors (Lipinski definition) is 1. The van der Waals surface area contributed by atoms with E-state index in [1.54, 1.807) is 25.6 Å². The molecule has 0 saturated carbocycles. The van der Waals surface area contributed by atoms with Crippen molar-refractivity contribution in [1.82, 2.24) is 24.9 Å². The van der Waals surface area contributed by atoms with E-state index in [0.29, 0.717) is 40.7 Å². The number of carbonyl (C=O) groups is 1. The number of rotatable bonds is 7. The van der Waals surface area contributed by atoms with Crippen molar-refractivity contribution >= 4 is 35.0 Å². The maximum atomic E-state index is 12.9. The van der Waals surface area contributed by atoms with Crippen molar-refractivity contribution in [3.63, 3.8) is 0 Å². The van der Waals surface area contributed by atoms with Gasteiger partial charge in [0, 0.05) is 40.0 Å². The van der Waals surface area contributed by atoms with Gasteiger partial charge in [-0.15, -0.1) is 16.9 Å². The summed E-state index contributed by atoms with van der Waals surface area (Å²) >= 11 is 7.45. The summed E-state index contributed by atoms with van der Waals surface area (Å²) < 4.78 is 39.7. The first-order valence-electron chi connectivity index (χ1n) is 9.10. The van der Waals surface area contributed by atoms with Crippen LogP contribution in [0.2, 0.25) is 5.02 Å². The third kappa shape index (κ3) is 5.42. The molecule has 0 fully saturated rings. The number of halogens is 4. The molecule has 2 aromatic heterocycles. The Morgan fingerprint density at radius 2 is 1.90 bits per heavy atom. The summed E-state index contributed by atoms with van der Waals surface area (Å²) in [5, 5.41) is 7.03. The second-order valence-electron chi connectivity index (χ2n) is 6.56. The lowest BCUT2D eigenvalue weighted by Crippen LogP contribution is -2.26. The molecule has 0 radical (unpaired) electrons. The number of amides is 1. The van der Waals surface area contributed by atoms with E-state index in [-0.39, 0.29) is 18.1 Å². The number of hydrogen-bond acceptors (Lipinski definition) is 5. The predicted molar refractivity (Wildman–Crippen MR) is 109 cm³/mol. The lowest BCUT2D eigenvalue weighted by molar-refractivity contribution is -0.144. The summed E-state index contributed by atoms with van der Waals surface area (Å²) in [5.74, 6) is -0.770. The minimum atomic E-state index is -4.64. The standard InChI is InChI=1S/C19H19ClF3N5OS/c1-11-15(12(2)28-18(25-11)26-17(27-28)19(21,22)23)7-8-16(29)24-9-10-30-14-5-3-13(20)4-6-14/h3-6H,7-10H2,1-2H3,(H,24,29). The molecule has 6 nitrogen and oxygen atoms in total. The molecule has 0 saturated heterocycles. The van der Waals surface area contributed by atoms with E-state index in [9.17, 15) is 18.0 Å². The van der Waals surface area contributed by atoms with Gasteiger partial charge in [0.05, 0.1) is 0 Å². The van der Waals surface area contributed by atoms with E-state index in [0.717, 1.165) is 9.41 Å². The fourth-order valence-corrected chi connectivity index (χ4v) is 3.80. The Morgan fingerprint density at radius 3 is 2.57 bits per heavy atom. The third-order valence-electron chi connectivity index (χ3n) is 4.41. The van der Waals surface area contributed by atoms with Gasteiger partial charge in [-0.2, -0.15) is 18.2 Å². The van der Waals surface area contributed by atoms with E-state index in [2.05, 4.69) is 20.4 Å². The van der Waals surface area contributed by atoms with Crippen molar-refractivity contribution in [3.05, 3.63) is 52.1 Å². The number of nitrogens with one attached hydrogen (secondary N) is 1. The predicted octanol–water partition coefficient (Wildman–Crippen LogP) is 4.25. The monoisotopic (exact) mass is 457 g/mol. The first-order chi connectivity index (χ1) is 14.1. The number of nitrogens with zero attached hydrogens (tertiary/aromatic N) is 4. The highest BCUT2D eigenvalue weighted by Gasteiger charge is 2.36. The quantitative estimate of drug-likeness (QED) is 0.424. The Morgan fingerprint density at radius 1 is 1.20 bits per heavy atom. The van der Waals surface area contributed by atoms with Crippen LogP contribution in [-0.2, 0) is 17.4 Å². The third-order valence-corrected chi connectivity index (χ3v) is 5.68. The summed E-state index contributed by atoms with van der Waals surface area (Å²) in [6.07, 6.45) is -4.10. The highest BCUT2D eigenvalue weighted by Crippen LogP contribution is 2.27. The molecule has 0 aliphatic heterocycles. The zero-order valence-corrected chi connectivity index (χ0v) is 17.8. The summed E-state index contributed by atoms with van der Waals surface area (Å²) in [7, 11) is 0. The molecule has 3 aromatic rings. The molecule has 0 spiro atoms. The molecule has 3 rings (SSSR count). The minimum absolute atomic E-state index is 0.107. The molecule has 0 aliphatic rings. The molecule has 2 heterocycles. The smallest absolute Gasteiger partial charge is 0.355 e. The molecule has 1 aromatic carbocycles. The Balaban J connectivity index is 1.55. The van der Waals surface area contributed by atoms with Crippen LogP contribution in [0.4, 0.5) is 13.2 Å². The Labute approximate surface area is 180 Å². The molecule has 0 aliphatic carbocycles. The summed E-state index contributed by atoms with van der Waals surface area (Å²) in [5.41, 5.74) is 1.71. The SMILES string of the molecule is Cc1nc2nc(C(F)(F)F)nn2c(C)c1CCC(=O)NCCSc1ccc(Cl)cc1. The number of benzene rings is 1. The van der Waals surface area contributed by atoms with Gasteiger partial charge in [0.2, 0.25) is 5.91 Å². The maximum absolute atomic E-state index is 12.9. The fourth-order valence-electron chi connectivity index (χ4n) is 2.91. The van der Waals surface area contributed by atoms with Crippen LogP contribution in [0, 0.1) is 13.8 Å². The van der Waals surface area contributed by atoms with E-state index >= 15 is 0 Å². The van der Waals surface area contributed by atoms with E-state index in [1.165, 1.54) is 0 Å². The van der Waals surface area contributed by atoms with E-state index in [1.807, 2.05) is 24.3 Å². The van der Waals surface area contributed by atoms with Gasteiger partial charge in [0.15, 0.2) is 0 Å².